The second-order valence-corrected chi connectivity index (χ2v) is 4.95. The first-order valence-electron chi connectivity index (χ1n) is 4.85. The van der Waals surface area contributed by atoms with Crippen molar-refractivity contribution in [2.24, 2.45) is 0 Å². The average molecular weight is 245 g/mol. The largest absolute Gasteiger partial charge is 0.416 e. The third-order valence-electron chi connectivity index (χ3n) is 2.23. The summed E-state index contributed by atoms with van der Waals surface area (Å²) < 4.78 is 38.2. The monoisotopic (exact) mass is 245 g/mol. The molecule has 0 fully saturated rings. The number of rotatable bonds is 1. The third kappa shape index (κ3) is 2.04. The molecule has 0 aliphatic rings. The van der Waals surface area contributed by atoms with Crippen molar-refractivity contribution in [3.8, 4) is 0 Å². The van der Waals surface area contributed by atoms with Crippen LogP contribution in [0, 0.1) is 0 Å². The number of hydrogen-bond acceptors (Lipinski definition) is 2. The third-order valence-corrected chi connectivity index (χ3v) is 3.56. The summed E-state index contributed by atoms with van der Waals surface area (Å²) in [4.78, 5) is 4.20. The lowest BCUT2D eigenvalue weighted by atomic mass is 10.2. The summed E-state index contributed by atoms with van der Waals surface area (Å²) in [7, 11) is 0. The van der Waals surface area contributed by atoms with E-state index >= 15 is 0 Å². The van der Waals surface area contributed by atoms with E-state index in [4.69, 9.17) is 0 Å². The van der Waals surface area contributed by atoms with Crippen LogP contribution in [-0.4, -0.2) is 4.98 Å². The molecule has 0 bridgehead atoms. The van der Waals surface area contributed by atoms with E-state index in [1.807, 2.05) is 13.8 Å². The van der Waals surface area contributed by atoms with Crippen LogP contribution in [0.4, 0.5) is 13.2 Å². The molecule has 86 valence electrons. The summed E-state index contributed by atoms with van der Waals surface area (Å²) in [5.41, 5.74) is -0.205. The number of halogens is 3. The van der Waals surface area contributed by atoms with E-state index in [0.717, 1.165) is 21.8 Å². The first kappa shape index (κ1) is 11.4. The highest BCUT2D eigenvalue weighted by molar-refractivity contribution is 7.18. The van der Waals surface area contributed by atoms with Crippen LogP contribution in [0.25, 0.3) is 10.2 Å². The molecule has 1 aromatic carbocycles. The van der Waals surface area contributed by atoms with Gasteiger partial charge in [-0.15, -0.1) is 11.3 Å². The van der Waals surface area contributed by atoms with Gasteiger partial charge >= 0.3 is 6.18 Å². The van der Waals surface area contributed by atoms with E-state index in [0.29, 0.717) is 5.52 Å². The molecule has 0 saturated carbocycles. The van der Waals surface area contributed by atoms with Crippen LogP contribution in [0.2, 0.25) is 0 Å². The zero-order valence-electron chi connectivity index (χ0n) is 8.80. The highest BCUT2D eigenvalue weighted by atomic mass is 32.1. The first-order valence-corrected chi connectivity index (χ1v) is 5.67. The summed E-state index contributed by atoms with van der Waals surface area (Å²) in [6.07, 6.45) is -4.30. The van der Waals surface area contributed by atoms with Gasteiger partial charge in [0.15, 0.2) is 0 Å². The van der Waals surface area contributed by atoms with Crippen LogP contribution in [0.5, 0.6) is 0 Å². The second-order valence-electron chi connectivity index (χ2n) is 3.89. The van der Waals surface area contributed by atoms with Gasteiger partial charge in [-0.05, 0) is 18.2 Å². The quantitative estimate of drug-likeness (QED) is 0.723. The molecule has 1 nitrogen and oxygen atoms in total. The van der Waals surface area contributed by atoms with Crippen LogP contribution in [-0.2, 0) is 6.18 Å². The second kappa shape index (κ2) is 3.73. The number of nitrogens with zero attached hydrogens (tertiary/aromatic N) is 1. The van der Waals surface area contributed by atoms with Gasteiger partial charge in [0.2, 0.25) is 0 Å². The smallest absolute Gasteiger partial charge is 0.241 e. The number of alkyl halides is 3. The van der Waals surface area contributed by atoms with E-state index in [-0.39, 0.29) is 5.92 Å². The predicted molar refractivity (Wildman–Crippen MR) is 58.7 cm³/mol. The van der Waals surface area contributed by atoms with Crippen molar-refractivity contribution in [1.82, 2.24) is 4.98 Å². The van der Waals surface area contributed by atoms with Crippen molar-refractivity contribution in [2.75, 3.05) is 0 Å². The summed E-state index contributed by atoms with van der Waals surface area (Å²) in [5.74, 6) is 0.242. The molecule has 2 aromatic rings. The normalized spacial score (nSPS) is 12.6. The molecule has 2 rings (SSSR count). The van der Waals surface area contributed by atoms with Crippen molar-refractivity contribution < 1.29 is 13.2 Å². The predicted octanol–water partition coefficient (Wildman–Crippen LogP) is 4.44. The lowest BCUT2D eigenvalue weighted by molar-refractivity contribution is -0.137. The van der Waals surface area contributed by atoms with Crippen LogP contribution >= 0.6 is 11.3 Å². The molecule has 0 unspecified atom stereocenters. The minimum absolute atomic E-state index is 0.242. The Morgan fingerprint density at radius 2 is 1.94 bits per heavy atom. The maximum atomic E-state index is 12.5. The lowest BCUT2D eigenvalue weighted by Gasteiger charge is -2.04. The maximum absolute atomic E-state index is 12.5. The van der Waals surface area contributed by atoms with Gasteiger partial charge in [0.1, 0.15) is 0 Å². The van der Waals surface area contributed by atoms with Crippen molar-refractivity contribution in [3.63, 3.8) is 0 Å². The molecule has 0 aliphatic carbocycles. The topological polar surface area (TPSA) is 12.9 Å². The fraction of sp³-hybridized carbons (Fsp3) is 0.364. The van der Waals surface area contributed by atoms with Crippen molar-refractivity contribution in [1.29, 1.82) is 0 Å². The van der Waals surface area contributed by atoms with Crippen LogP contribution in [0.15, 0.2) is 18.2 Å². The summed E-state index contributed by atoms with van der Waals surface area (Å²) in [6, 6.07) is 3.70. The molecule has 0 atom stereocenters. The molecule has 0 radical (unpaired) electrons. The maximum Gasteiger partial charge on any atom is 0.416 e. The number of hydrogen-bond donors (Lipinski definition) is 0. The zero-order chi connectivity index (χ0) is 11.9. The molecule has 0 aliphatic heterocycles. The number of thiazole rings is 1. The Morgan fingerprint density at radius 1 is 1.25 bits per heavy atom. The molecular weight excluding hydrogens is 235 g/mol. The van der Waals surface area contributed by atoms with Gasteiger partial charge in [-0.25, -0.2) is 4.98 Å². The van der Waals surface area contributed by atoms with E-state index in [9.17, 15) is 13.2 Å². The average Bonchev–Trinajstić information content (AvgIpc) is 2.58. The molecule has 0 saturated heterocycles. The van der Waals surface area contributed by atoms with Crippen LogP contribution in [0.3, 0.4) is 0 Å². The standard InChI is InChI=1S/C11H10F3NS/c1-6(2)10-15-8-5-7(11(12,13)14)3-4-9(8)16-10/h3-6H,1-2H3. The lowest BCUT2D eigenvalue weighted by Crippen LogP contribution is -2.03. The van der Waals surface area contributed by atoms with E-state index in [2.05, 4.69) is 4.98 Å². The number of fused-ring (bicyclic) bond motifs is 1. The van der Waals surface area contributed by atoms with E-state index in [1.54, 1.807) is 0 Å². The Hall–Kier alpha value is -1.10. The fourth-order valence-electron chi connectivity index (χ4n) is 1.37. The molecule has 16 heavy (non-hydrogen) atoms. The Kier molecular flexibility index (Phi) is 2.66. The molecular formula is C11H10F3NS. The Morgan fingerprint density at radius 3 is 2.50 bits per heavy atom. The van der Waals surface area contributed by atoms with Crippen molar-refractivity contribution in [3.05, 3.63) is 28.8 Å². The fourth-order valence-corrected chi connectivity index (χ4v) is 2.32. The van der Waals surface area contributed by atoms with Gasteiger partial charge in [-0.1, -0.05) is 13.8 Å². The van der Waals surface area contributed by atoms with Gasteiger partial charge < -0.3 is 0 Å². The van der Waals surface area contributed by atoms with Crippen molar-refractivity contribution in [2.45, 2.75) is 25.9 Å². The number of aromatic nitrogens is 1. The summed E-state index contributed by atoms with van der Waals surface area (Å²) >= 11 is 1.45. The van der Waals surface area contributed by atoms with E-state index in [1.165, 1.54) is 17.4 Å². The Bertz CT molecular complexity index is 513. The SMILES string of the molecule is CC(C)c1nc2cc(C(F)(F)F)ccc2s1. The molecule has 0 N–H and O–H groups in total. The zero-order valence-corrected chi connectivity index (χ0v) is 9.62. The van der Waals surface area contributed by atoms with Crippen LogP contribution in [0.1, 0.15) is 30.3 Å². The highest BCUT2D eigenvalue weighted by Gasteiger charge is 2.30. The minimum Gasteiger partial charge on any atom is -0.241 e. The van der Waals surface area contributed by atoms with E-state index < -0.39 is 11.7 Å². The number of benzene rings is 1. The molecule has 1 aromatic heterocycles. The van der Waals surface area contributed by atoms with Gasteiger partial charge in [-0.3, -0.25) is 0 Å². The highest BCUT2D eigenvalue weighted by Crippen LogP contribution is 2.34. The van der Waals surface area contributed by atoms with Crippen LogP contribution < -0.4 is 0 Å². The first-order chi connectivity index (χ1) is 7.38. The molecule has 1 heterocycles. The summed E-state index contributed by atoms with van der Waals surface area (Å²) in [6.45, 7) is 3.95. The Labute approximate surface area is 94.9 Å². The molecule has 5 heteroatoms. The minimum atomic E-state index is -4.30. The van der Waals surface area contributed by atoms with Gasteiger partial charge in [-0.2, -0.15) is 13.2 Å². The molecule has 0 amide bonds. The van der Waals surface area contributed by atoms with Gasteiger partial charge in [0.25, 0.3) is 0 Å². The summed E-state index contributed by atoms with van der Waals surface area (Å²) in [5, 5.41) is 0.870. The van der Waals surface area contributed by atoms with Gasteiger partial charge in [0.05, 0.1) is 20.8 Å². The molecule has 0 spiro atoms. The Balaban J connectivity index is 2.54. The van der Waals surface area contributed by atoms with Gasteiger partial charge in [0, 0.05) is 5.92 Å². The van der Waals surface area contributed by atoms with Crippen molar-refractivity contribution >= 4 is 21.6 Å².